The average molecular weight is 515 g/mol. The molecule has 0 aliphatic heterocycles. The minimum atomic E-state index is -4.78. The average Bonchev–Trinajstić information content (AvgIpc) is 2.83. The fourth-order valence-corrected chi connectivity index (χ4v) is 4.73. The number of pyridine rings is 2. The number of halogens is 4. The molecule has 0 saturated carbocycles. The molecule has 2 heterocycles. The lowest BCUT2D eigenvalue weighted by molar-refractivity contribution is -0.274. The van der Waals surface area contributed by atoms with Gasteiger partial charge >= 0.3 is 6.36 Å². The quantitative estimate of drug-likeness (QED) is 0.358. The number of fused-ring (bicyclic) bond motifs is 2. The Morgan fingerprint density at radius 1 is 1.06 bits per heavy atom. The topological polar surface area (TPSA) is 81.3 Å². The van der Waals surface area contributed by atoms with Crippen LogP contribution in [0.25, 0.3) is 22.0 Å². The molecule has 2 aromatic heterocycles. The van der Waals surface area contributed by atoms with Crippen LogP contribution in [0.5, 0.6) is 11.5 Å². The molecule has 6 nitrogen and oxygen atoms in total. The number of H-pyrrole nitrogens is 1. The van der Waals surface area contributed by atoms with Crippen molar-refractivity contribution in [3.8, 4) is 22.6 Å². The van der Waals surface area contributed by atoms with Gasteiger partial charge in [0.1, 0.15) is 11.5 Å². The maximum Gasteiger partial charge on any atom is 0.573 e. The van der Waals surface area contributed by atoms with E-state index in [0.717, 1.165) is 0 Å². The summed E-state index contributed by atoms with van der Waals surface area (Å²) in [7, 11) is 1.47. The lowest BCUT2D eigenvalue weighted by Crippen LogP contribution is -2.28. The molecule has 1 atom stereocenters. The number of carbonyl (C=O) groups is 1. The van der Waals surface area contributed by atoms with E-state index in [9.17, 15) is 22.8 Å². The molecule has 10 heteroatoms. The monoisotopic (exact) mass is 514 g/mol. The third-order valence-corrected chi connectivity index (χ3v) is 6.41. The highest BCUT2D eigenvalue weighted by atomic mass is 35.5. The van der Waals surface area contributed by atoms with E-state index >= 15 is 0 Å². The summed E-state index contributed by atoms with van der Waals surface area (Å²) in [5.74, 6) is -0.492. The van der Waals surface area contributed by atoms with Gasteiger partial charge in [-0.2, -0.15) is 0 Å². The number of aromatic nitrogens is 2. The number of aromatic amines is 1. The van der Waals surface area contributed by atoms with Crippen LogP contribution in [-0.4, -0.2) is 29.2 Å². The minimum Gasteiger partial charge on any atom is -0.495 e. The molecule has 2 aromatic carbocycles. The van der Waals surface area contributed by atoms with Crippen molar-refractivity contribution in [1.82, 2.24) is 9.97 Å². The number of benzene rings is 2. The predicted octanol–water partition coefficient (Wildman–Crippen LogP) is 6.06. The second-order valence-corrected chi connectivity index (χ2v) is 8.82. The van der Waals surface area contributed by atoms with Crippen molar-refractivity contribution in [3.63, 3.8) is 0 Å². The number of ether oxygens (including phenoxy) is 2. The first-order valence-corrected chi connectivity index (χ1v) is 11.3. The Kier molecular flexibility index (Phi) is 5.96. The van der Waals surface area contributed by atoms with E-state index in [1.807, 2.05) is 0 Å². The molecule has 1 unspecified atom stereocenters. The van der Waals surface area contributed by atoms with Gasteiger partial charge in [0.15, 0.2) is 5.78 Å². The molecular formula is C26H18ClF3N2O4. The maximum absolute atomic E-state index is 13.1. The third-order valence-electron chi connectivity index (χ3n) is 6.12. The third kappa shape index (κ3) is 4.54. The van der Waals surface area contributed by atoms with Crippen molar-refractivity contribution in [2.24, 2.45) is 0 Å². The van der Waals surface area contributed by atoms with E-state index in [4.69, 9.17) is 16.3 Å². The zero-order valence-electron chi connectivity index (χ0n) is 18.8. The number of nitrogens with zero attached hydrogens (tertiary/aromatic N) is 1. The number of ketones is 1. The van der Waals surface area contributed by atoms with Crippen LogP contribution in [0.3, 0.4) is 0 Å². The van der Waals surface area contributed by atoms with Crippen LogP contribution >= 0.6 is 11.6 Å². The number of Topliss-reactive ketones (excluding diaryl/α,β-unsaturated/α-hetero) is 1. The number of alkyl halides is 3. The van der Waals surface area contributed by atoms with Crippen molar-refractivity contribution in [2.75, 3.05) is 7.11 Å². The molecule has 0 radical (unpaired) electrons. The fourth-order valence-electron chi connectivity index (χ4n) is 4.49. The van der Waals surface area contributed by atoms with Crippen LogP contribution in [0.2, 0.25) is 5.02 Å². The Morgan fingerprint density at radius 3 is 2.56 bits per heavy atom. The summed E-state index contributed by atoms with van der Waals surface area (Å²) < 4.78 is 46.8. The normalized spacial score (nSPS) is 15.6. The van der Waals surface area contributed by atoms with Gasteiger partial charge in [-0.15, -0.1) is 13.2 Å². The van der Waals surface area contributed by atoms with Gasteiger partial charge in [-0.3, -0.25) is 14.6 Å². The number of methoxy groups -OCH3 is 1. The summed E-state index contributed by atoms with van der Waals surface area (Å²) in [5.41, 5.74) is 2.50. The Bertz CT molecular complexity index is 1550. The second kappa shape index (κ2) is 8.98. The molecule has 1 N–H and O–H groups in total. The molecule has 5 rings (SSSR count). The maximum atomic E-state index is 13.1. The molecule has 0 amide bonds. The highest BCUT2D eigenvalue weighted by Gasteiger charge is 2.32. The number of hydrogen-bond acceptors (Lipinski definition) is 5. The fraction of sp³-hybridized carbons (Fsp3) is 0.192. The van der Waals surface area contributed by atoms with Gasteiger partial charge in [0.05, 0.1) is 23.2 Å². The summed E-state index contributed by atoms with van der Waals surface area (Å²) in [6.45, 7) is 0. The van der Waals surface area contributed by atoms with Gasteiger partial charge in [-0.25, -0.2) is 0 Å². The Labute approximate surface area is 207 Å². The molecule has 0 spiro atoms. The smallest absolute Gasteiger partial charge is 0.495 e. The zero-order valence-corrected chi connectivity index (χ0v) is 19.5. The number of rotatable bonds is 4. The lowest BCUT2D eigenvalue weighted by Gasteiger charge is -2.23. The van der Waals surface area contributed by atoms with Gasteiger partial charge in [-0.1, -0.05) is 29.8 Å². The summed E-state index contributed by atoms with van der Waals surface area (Å²) in [5, 5.41) is 0.585. The van der Waals surface area contributed by atoms with Gasteiger partial charge in [0, 0.05) is 46.9 Å². The lowest BCUT2D eigenvalue weighted by atomic mass is 9.83. The molecule has 4 aromatic rings. The molecular weight excluding hydrogens is 497 g/mol. The number of nitrogens with one attached hydrogen (secondary N) is 1. The minimum absolute atomic E-state index is 0.104. The molecule has 1 aliphatic rings. The van der Waals surface area contributed by atoms with Crippen LogP contribution in [0, 0.1) is 0 Å². The van der Waals surface area contributed by atoms with Gasteiger partial charge in [0.2, 0.25) is 5.43 Å². The molecule has 0 fully saturated rings. The van der Waals surface area contributed by atoms with Gasteiger partial charge in [0.25, 0.3) is 0 Å². The number of carbonyl (C=O) groups excluding carboxylic acids is 1. The zero-order chi connectivity index (χ0) is 25.6. The van der Waals surface area contributed by atoms with Crippen molar-refractivity contribution in [1.29, 1.82) is 0 Å². The highest BCUT2D eigenvalue weighted by Crippen LogP contribution is 2.34. The standard InChI is InChI=1S/C26H18ClF3N2O4/c1-35-23-11-20-17(10-18(23)27)25(34)24-21(32-20)8-15(9-22(24)33)19-6-5-14(12-31-19)13-3-2-4-16(7-13)36-26(28,29)30/h2-7,10-12,15H,8-9H2,1H3,(H,32,34). The van der Waals surface area contributed by atoms with Gasteiger partial charge in [-0.05, 0) is 36.2 Å². The summed E-state index contributed by atoms with van der Waals surface area (Å²) in [4.78, 5) is 33.7. The van der Waals surface area contributed by atoms with E-state index in [0.29, 0.717) is 45.6 Å². The molecule has 0 bridgehead atoms. The van der Waals surface area contributed by atoms with E-state index in [1.54, 1.807) is 24.3 Å². The van der Waals surface area contributed by atoms with Crippen molar-refractivity contribution in [2.45, 2.75) is 25.1 Å². The molecule has 1 aliphatic carbocycles. The Morgan fingerprint density at radius 2 is 1.86 bits per heavy atom. The first-order valence-electron chi connectivity index (χ1n) is 10.9. The molecule has 184 valence electrons. The highest BCUT2D eigenvalue weighted by molar-refractivity contribution is 6.32. The Balaban J connectivity index is 1.44. The van der Waals surface area contributed by atoms with Crippen molar-refractivity contribution >= 4 is 28.3 Å². The van der Waals surface area contributed by atoms with Crippen LogP contribution in [0.15, 0.2) is 59.5 Å². The summed E-state index contributed by atoms with van der Waals surface area (Å²) in [6.07, 6.45) is -2.75. The predicted molar refractivity (Wildman–Crippen MR) is 128 cm³/mol. The van der Waals surface area contributed by atoms with E-state index < -0.39 is 6.36 Å². The molecule has 0 saturated heterocycles. The largest absolute Gasteiger partial charge is 0.573 e. The SMILES string of the molecule is COc1cc2[nH]c3c(c(=O)c2cc1Cl)C(=O)CC(c1ccc(-c2cccc(OC(F)(F)F)c2)cn1)C3. The van der Waals surface area contributed by atoms with Gasteiger partial charge < -0.3 is 14.5 Å². The number of hydrogen-bond donors (Lipinski definition) is 1. The first kappa shape index (κ1) is 23.9. The van der Waals surface area contributed by atoms with Crippen LogP contribution in [-0.2, 0) is 6.42 Å². The van der Waals surface area contributed by atoms with E-state index in [1.165, 1.54) is 37.6 Å². The summed E-state index contributed by atoms with van der Waals surface area (Å²) in [6, 6.07) is 12.2. The first-order chi connectivity index (χ1) is 17.1. The van der Waals surface area contributed by atoms with Crippen molar-refractivity contribution < 1.29 is 27.4 Å². The van der Waals surface area contributed by atoms with Crippen LogP contribution in [0.4, 0.5) is 13.2 Å². The van der Waals surface area contributed by atoms with Crippen molar-refractivity contribution in [3.05, 3.63) is 86.9 Å². The van der Waals surface area contributed by atoms with E-state index in [2.05, 4.69) is 14.7 Å². The summed E-state index contributed by atoms with van der Waals surface area (Å²) >= 11 is 6.16. The second-order valence-electron chi connectivity index (χ2n) is 8.42. The Hall–Kier alpha value is -3.85. The molecule has 36 heavy (non-hydrogen) atoms. The van der Waals surface area contributed by atoms with E-state index in [-0.39, 0.29) is 39.9 Å². The van der Waals surface area contributed by atoms with Crippen LogP contribution < -0.4 is 14.9 Å². The van der Waals surface area contributed by atoms with Crippen LogP contribution in [0.1, 0.15) is 34.1 Å².